The third-order valence-corrected chi connectivity index (χ3v) is 4.56. The number of benzene rings is 1. The highest BCUT2D eigenvalue weighted by atomic mass is 35.5. The smallest absolute Gasteiger partial charge is 0.227 e. The van der Waals surface area contributed by atoms with Crippen LogP contribution in [0.4, 0.5) is 0 Å². The summed E-state index contributed by atoms with van der Waals surface area (Å²) in [7, 11) is 1.97. The molecule has 2 rings (SSSR count). The van der Waals surface area contributed by atoms with Crippen LogP contribution < -0.4 is 5.32 Å². The Kier molecular flexibility index (Phi) is 7.82. The van der Waals surface area contributed by atoms with E-state index in [1.54, 1.807) is 18.2 Å². The number of likely N-dealkylation sites (tertiary alicyclic amines) is 1. The maximum atomic E-state index is 12.3. The Morgan fingerprint density at radius 3 is 2.38 bits per heavy atom. The number of carbonyl (C=O) groups excluding carboxylic acids is 1. The zero-order chi connectivity index (χ0) is 14.5. The molecule has 1 aliphatic heterocycles. The summed E-state index contributed by atoms with van der Waals surface area (Å²) in [6.07, 6.45) is 2.40. The van der Waals surface area contributed by atoms with Crippen molar-refractivity contribution >= 4 is 41.5 Å². The van der Waals surface area contributed by atoms with Gasteiger partial charge in [0.2, 0.25) is 5.91 Å². The molecule has 0 aromatic heterocycles. The van der Waals surface area contributed by atoms with Crippen molar-refractivity contribution in [2.45, 2.75) is 19.3 Å². The van der Waals surface area contributed by atoms with Gasteiger partial charge in [-0.3, -0.25) is 4.79 Å². The molecule has 0 atom stereocenters. The first kappa shape index (κ1) is 18.6. The standard InChI is InChI=1S/C15H20Cl2N2O.ClH/c1-18-10-11-5-7-19(8-6-11)15(20)9-12-13(16)3-2-4-14(12)17;/h2-4,11,18H,5-10H2,1H3;1H. The van der Waals surface area contributed by atoms with Crippen molar-refractivity contribution in [3.8, 4) is 0 Å². The van der Waals surface area contributed by atoms with E-state index in [9.17, 15) is 4.79 Å². The van der Waals surface area contributed by atoms with Crippen molar-refractivity contribution in [1.82, 2.24) is 10.2 Å². The van der Waals surface area contributed by atoms with Crippen LogP contribution in [0.15, 0.2) is 18.2 Å². The largest absolute Gasteiger partial charge is 0.342 e. The van der Waals surface area contributed by atoms with Gasteiger partial charge >= 0.3 is 0 Å². The van der Waals surface area contributed by atoms with Gasteiger partial charge in [-0.15, -0.1) is 12.4 Å². The second-order valence-electron chi connectivity index (χ2n) is 5.26. The molecule has 1 fully saturated rings. The normalized spacial score (nSPS) is 15.7. The molecule has 1 heterocycles. The highest BCUT2D eigenvalue weighted by Crippen LogP contribution is 2.26. The zero-order valence-corrected chi connectivity index (χ0v) is 14.4. The average molecular weight is 352 g/mol. The van der Waals surface area contributed by atoms with Gasteiger partial charge in [0.25, 0.3) is 0 Å². The molecule has 1 amide bonds. The fourth-order valence-electron chi connectivity index (χ4n) is 2.64. The van der Waals surface area contributed by atoms with Gasteiger partial charge in [0.05, 0.1) is 6.42 Å². The van der Waals surface area contributed by atoms with Gasteiger partial charge in [-0.05, 0) is 50.0 Å². The van der Waals surface area contributed by atoms with Gasteiger partial charge in [0.1, 0.15) is 0 Å². The first-order valence-corrected chi connectivity index (χ1v) is 7.72. The van der Waals surface area contributed by atoms with Crippen molar-refractivity contribution in [1.29, 1.82) is 0 Å². The lowest BCUT2D eigenvalue weighted by Crippen LogP contribution is -2.41. The van der Waals surface area contributed by atoms with Crippen molar-refractivity contribution in [3.63, 3.8) is 0 Å². The highest BCUT2D eigenvalue weighted by Gasteiger charge is 2.23. The van der Waals surface area contributed by atoms with Gasteiger partial charge in [-0.1, -0.05) is 29.3 Å². The SMILES string of the molecule is CNCC1CCN(C(=O)Cc2c(Cl)cccc2Cl)CC1.Cl. The number of amides is 1. The van der Waals surface area contributed by atoms with Gasteiger partial charge < -0.3 is 10.2 Å². The summed E-state index contributed by atoms with van der Waals surface area (Å²) >= 11 is 12.2. The van der Waals surface area contributed by atoms with E-state index in [-0.39, 0.29) is 24.7 Å². The molecule has 1 saturated heterocycles. The van der Waals surface area contributed by atoms with Crippen LogP contribution >= 0.6 is 35.6 Å². The Bertz CT molecular complexity index is 454. The summed E-state index contributed by atoms with van der Waals surface area (Å²) < 4.78 is 0. The Labute approximate surface area is 142 Å². The van der Waals surface area contributed by atoms with Crippen LogP contribution in [0, 0.1) is 5.92 Å². The number of piperidine rings is 1. The van der Waals surface area contributed by atoms with Crippen molar-refractivity contribution in [3.05, 3.63) is 33.8 Å². The van der Waals surface area contributed by atoms with Crippen LogP contribution in [0.25, 0.3) is 0 Å². The van der Waals surface area contributed by atoms with Gasteiger partial charge in [-0.25, -0.2) is 0 Å². The molecule has 1 aliphatic rings. The molecule has 21 heavy (non-hydrogen) atoms. The second-order valence-corrected chi connectivity index (χ2v) is 6.07. The molecule has 1 aromatic carbocycles. The number of halogens is 3. The molecule has 6 heteroatoms. The van der Waals surface area contributed by atoms with Gasteiger partial charge in [-0.2, -0.15) is 0 Å². The van der Waals surface area contributed by atoms with E-state index in [0.717, 1.165) is 38.0 Å². The predicted molar refractivity (Wildman–Crippen MR) is 90.6 cm³/mol. The molecule has 1 N–H and O–H groups in total. The fraction of sp³-hybridized carbons (Fsp3) is 0.533. The predicted octanol–water partition coefficient (Wildman–Crippen LogP) is 3.42. The lowest BCUT2D eigenvalue weighted by atomic mass is 9.96. The van der Waals surface area contributed by atoms with Crippen LogP contribution in [-0.2, 0) is 11.2 Å². The third-order valence-electron chi connectivity index (χ3n) is 3.85. The lowest BCUT2D eigenvalue weighted by molar-refractivity contribution is -0.131. The Balaban J connectivity index is 0.00000220. The van der Waals surface area contributed by atoms with Crippen molar-refractivity contribution in [2.75, 3.05) is 26.7 Å². The molecular formula is C15H21Cl3N2O. The summed E-state index contributed by atoms with van der Waals surface area (Å²) in [5.74, 6) is 0.788. The molecule has 0 bridgehead atoms. The van der Waals surface area contributed by atoms with E-state index in [1.807, 2.05) is 11.9 Å². The monoisotopic (exact) mass is 350 g/mol. The first-order chi connectivity index (χ1) is 9.61. The molecule has 0 radical (unpaired) electrons. The first-order valence-electron chi connectivity index (χ1n) is 6.97. The Hall–Kier alpha value is -0.480. The van der Waals surface area contributed by atoms with Crippen LogP contribution in [0.2, 0.25) is 10.0 Å². The summed E-state index contributed by atoms with van der Waals surface area (Å²) in [4.78, 5) is 14.3. The summed E-state index contributed by atoms with van der Waals surface area (Å²) in [6, 6.07) is 5.34. The molecule has 0 spiro atoms. The number of hydrogen-bond acceptors (Lipinski definition) is 2. The van der Waals surface area contributed by atoms with Crippen molar-refractivity contribution < 1.29 is 4.79 Å². The van der Waals surface area contributed by atoms with Crippen LogP contribution in [-0.4, -0.2) is 37.5 Å². The van der Waals surface area contributed by atoms with E-state index >= 15 is 0 Å². The lowest BCUT2D eigenvalue weighted by Gasteiger charge is -2.32. The summed E-state index contributed by atoms with van der Waals surface area (Å²) in [5, 5.41) is 4.33. The van der Waals surface area contributed by atoms with Crippen molar-refractivity contribution in [2.24, 2.45) is 5.92 Å². The van der Waals surface area contributed by atoms with Crippen LogP contribution in [0.1, 0.15) is 18.4 Å². The maximum absolute atomic E-state index is 12.3. The van der Waals surface area contributed by atoms with E-state index in [0.29, 0.717) is 16.0 Å². The maximum Gasteiger partial charge on any atom is 0.227 e. The number of rotatable bonds is 4. The summed E-state index contributed by atoms with van der Waals surface area (Å²) in [5.41, 5.74) is 0.734. The highest BCUT2D eigenvalue weighted by molar-refractivity contribution is 6.36. The molecule has 1 aromatic rings. The Morgan fingerprint density at radius 2 is 1.86 bits per heavy atom. The number of nitrogens with one attached hydrogen (secondary N) is 1. The minimum atomic E-state index is 0. The van der Waals surface area contributed by atoms with Crippen LogP contribution in [0.5, 0.6) is 0 Å². The molecule has 0 saturated carbocycles. The zero-order valence-electron chi connectivity index (χ0n) is 12.1. The number of nitrogens with zero attached hydrogens (tertiary/aromatic N) is 1. The fourth-order valence-corrected chi connectivity index (χ4v) is 3.17. The molecule has 3 nitrogen and oxygen atoms in total. The third kappa shape index (κ3) is 5.03. The van der Waals surface area contributed by atoms with Gasteiger partial charge in [0.15, 0.2) is 0 Å². The molecule has 118 valence electrons. The van der Waals surface area contributed by atoms with Gasteiger partial charge in [0, 0.05) is 23.1 Å². The minimum absolute atomic E-state index is 0. The van der Waals surface area contributed by atoms with E-state index in [2.05, 4.69) is 5.32 Å². The topological polar surface area (TPSA) is 32.3 Å². The quantitative estimate of drug-likeness (QED) is 0.901. The number of carbonyl (C=O) groups is 1. The molecule has 0 aliphatic carbocycles. The van der Waals surface area contributed by atoms with Crippen LogP contribution in [0.3, 0.4) is 0 Å². The summed E-state index contributed by atoms with van der Waals surface area (Å²) in [6.45, 7) is 2.68. The minimum Gasteiger partial charge on any atom is -0.342 e. The van der Waals surface area contributed by atoms with E-state index < -0.39 is 0 Å². The average Bonchev–Trinajstić information content (AvgIpc) is 2.44. The van der Waals surface area contributed by atoms with E-state index in [1.165, 1.54) is 0 Å². The Morgan fingerprint density at radius 1 is 1.29 bits per heavy atom. The van der Waals surface area contributed by atoms with E-state index in [4.69, 9.17) is 23.2 Å². The molecule has 0 unspecified atom stereocenters. The second kappa shape index (κ2) is 8.84. The number of hydrogen-bond donors (Lipinski definition) is 1. The molecular weight excluding hydrogens is 331 g/mol.